The number of carbonyl (C=O) groups is 1. The fourth-order valence-corrected chi connectivity index (χ4v) is 3.70. The number of hydrogen-bond donors (Lipinski definition) is 2. The number of fused-ring (bicyclic) bond motifs is 1. The van der Waals surface area contributed by atoms with E-state index in [4.69, 9.17) is 10.5 Å². The van der Waals surface area contributed by atoms with Gasteiger partial charge in [-0.25, -0.2) is 0 Å². The Bertz CT molecular complexity index is 558. The first kappa shape index (κ1) is 13.5. The van der Waals surface area contributed by atoms with Crippen LogP contribution in [0.3, 0.4) is 0 Å². The van der Waals surface area contributed by atoms with Crippen LogP contribution in [-0.4, -0.2) is 29.1 Å². The quantitative estimate of drug-likeness (QED) is 0.857. The molecule has 20 heavy (non-hydrogen) atoms. The van der Waals surface area contributed by atoms with Crippen LogP contribution in [0.2, 0.25) is 0 Å². The molecule has 1 saturated heterocycles. The van der Waals surface area contributed by atoms with E-state index in [1.807, 2.05) is 26.8 Å². The Kier molecular flexibility index (Phi) is 2.88. The molecule has 1 aliphatic carbocycles. The van der Waals surface area contributed by atoms with Gasteiger partial charge in [0.15, 0.2) is 0 Å². The maximum Gasteiger partial charge on any atom is 0.245 e. The number of aromatic nitrogens is 1. The highest BCUT2D eigenvalue weighted by Crippen LogP contribution is 2.58. The summed E-state index contributed by atoms with van der Waals surface area (Å²) in [7, 11) is 0. The Balaban J connectivity index is 1.83. The predicted octanol–water partition coefficient (Wildman–Crippen LogP) is 1.47. The highest BCUT2D eigenvalue weighted by atomic mass is 16.5. The number of carbonyl (C=O) groups excluding carboxylic acids is 1. The summed E-state index contributed by atoms with van der Waals surface area (Å²) in [6.07, 6.45) is 2.63. The van der Waals surface area contributed by atoms with E-state index in [9.17, 15) is 4.79 Å². The number of nitrogens with one attached hydrogen (secondary N) is 1. The minimum absolute atomic E-state index is 0.0948. The second-order valence-electron chi connectivity index (χ2n) is 6.42. The number of hydrogen-bond acceptors (Lipinski definition) is 4. The number of anilines is 1. The topological polar surface area (TPSA) is 77.2 Å². The number of rotatable bonds is 2. The zero-order valence-corrected chi connectivity index (χ0v) is 12.1. The lowest BCUT2D eigenvalue weighted by Gasteiger charge is -2.60. The van der Waals surface area contributed by atoms with Gasteiger partial charge >= 0.3 is 0 Å². The maximum atomic E-state index is 12.7. The molecule has 1 aliphatic heterocycles. The first-order valence-corrected chi connectivity index (χ1v) is 7.02. The van der Waals surface area contributed by atoms with Crippen molar-refractivity contribution in [3.63, 3.8) is 0 Å². The van der Waals surface area contributed by atoms with Gasteiger partial charge in [0, 0.05) is 35.5 Å². The van der Waals surface area contributed by atoms with Gasteiger partial charge in [0.1, 0.15) is 5.54 Å². The van der Waals surface area contributed by atoms with Crippen LogP contribution in [0.5, 0.6) is 0 Å². The van der Waals surface area contributed by atoms with Gasteiger partial charge in [-0.05, 0) is 25.5 Å². The molecule has 5 nitrogen and oxygen atoms in total. The fraction of sp³-hybridized carbons (Fsp3) is 0.600. The molecular weight excluding hydrogens is 254 g/mol. The van der Waals surface area contributed by atoms with Gasteiger partial charge < -0.3 is 15.8 Å². The second kappa shape index (κ2) is 4.27. The molecule has 1 aromatic heterocycles. The van der Waals surface area contributed by atoms with E-state index in [2.05, 4.69) is 10.3 Å². The molecule has 3 rings (SSSR count). The monoisotopic (exact) mass is 275 g/mol. The third-order valence-electron chi connectivity index (χ3n) is 4.98. The van der Waals surface area contributed by atoms with Crippen molar-refractivity contribution in [1.29, 1.82) is 0 Å². The van der Waals surface area contributed by atoms with Gasteiger partial charge in [-0.3, -0.25) is 9.78 Å². The molecule has 0 bridgehead atoms. The summed E-state index contributed by atoms with van der Waals surface area (Å²) in [5.74, 6) is -0.0136. The van der Waals surface area contributed by atoms with Crippen LogP contribution in [0.15, 0.2) is 18.3 Å². The smallest absolute Gasteiger partial charge is 0.245 e. The molecule has 0 aromatic carbocycles. The zero-order chi connectivity index (χ0) is 14.5. The molecular formula is C15H21N3O2. The minimum atomic E-state index is -0.870. The standard InChI is InChI=1S/C15H21N3O2/c1-9-8-10(4-6-17-9)18-13(19)15(16)11-5-7-20-12(11)14(15,2)3/h4,6,8,11-12H,5,7,16H2,1-3H3,(H,17,18,19). The summed E-state index contributed by atoms with van der Waals surface area (Å²) >= 11 is 0. The summed E-state index contributed by atoms with van der Waals surface area (Å²) in [6, 6.07) is 3.62. The van der Waals surface area contributed by atoms with Gasteiger partial charge in [-0.15, -0.1) is 0 Å². The van der Waals surface area contributed by atoms with Gasteiger partial charge in [-0.1, -0.05) is 13.8 Å². The second-order valence-corrected chi connectivity index (χ2v) is 6.42. The lowest BCUT2D eigenvalue weighted by molar-refractivity contribution is -0.170. The molecule has 1 saturated carbocycles. The van der Waals surface area contributed by atoms with Crippen LogP contribution in [0.1, 0.15) is 26.0 Å². The number of nitrogens with two attached hydrogens (primary N) is 1. The van der Waals surface area contributed by atoms with Crippen LogP contribution < -0.4 is 11.1 Å². The Hall–Kier alpha value is -1.46. The highest BCUT2D eigenvalue weighted by Gasteiger charge is 2.71. The lowest BCUT2D eigenvalue weighted by Crippen LogP contribution is -2.79. The van der Waals surface area contributed by atoms with E-state index in [0.29, 0.717) is 6.61 Å². The highest BCUT2D eigenvalue weighted by molar-refractivity contribution is 6.00. The van der Waals surface area contributed by atoms with Gasteiger partial charge in [0.2, 0.25) is 5.91 Å². The van der Waals surface area contributed by atoms with Gasteiger partial charge in [0.25, 0.3) is 0 Å². The van der Waals surface area contributed by atoms with Crippen molar-refractivity contribution in [1.82, 2.24) is 4.98 Å². The fourth-order valence-electron chi connectivity index (χ4n) is 3.70. The van der Waals surface area contributed by atoms with E-state index in [1.54, 1.807) is 12.3 Å². The number of amides is 1. The molecule has 2 fully saturated rings. The summed E-state index contributed by atoms with van der Waals surface area (Å²) in [4.78, 5) is 16.8. The van der Waals surface area contributed by atoms with Crippen molar-refractivity contribution in [2.45, 2.75) is 38.8 Å². The predicted molar refractivity (Wildman–Crippen MR) is 76.2 cm³/mol. The molecule has 1 aromatic rings. The first-order valence-electron chi connectivity index (χ1n) is 7.02. The van der Waals surface area contributed by atoms with Crippen molar-refractivity contribution in [2.24, 2.45) is 17.1 Å². The Morgan fingerprint density at radius 1 is 1.55 bits per heavy atom. The Labute approximate surface area is 118 Å². The Morgan fingerprint density at radius 2 is 2.30 bits per heavy atom. The van der Waals surface area contributed by atoms with Gasteiger partial charge in [-0.2, -0.15) is 0 Å². The average Bonchev–Trinajstić information content (AvgIpc) is 2.85. The van der Waals surface area contributed by atoms with E-state index in [-0.39, 0.29) is 23.3 Å². The largest absolute Gasteiger partial charge is 0.377 e. The number of pyridine rings is 1. The molecule has 5 heteroatoms. The van der Waals surface area contributed by atoms with Gasteiger partial charge in [0.05, 0.1) is 6.10 Å². The minimum Gasteiger partial charge on any atom is -0.377 e. The maximum absolute atomic E-state index is 12.7. The van der Waals surface area contributed by atoms with E-state index in [0.717, 1.165) is 17.8 Å². The van der Waals surface area contributed by atoms with Crippen molar-refractivity contribution in [3.8, 4) is 0 Å². The van der Waals surface area contributed by atoms with Crippen molar-refractivity contribution in [3.05, 3.63) is 24.0 Å². The third-order valence-corrected chi connectivity index (χ3v) is 4.98. The van der Waals surface area contributed by atoms with Crippen LogP contribution >= 0.6 is 0 Å². The average molecular weight is 275 g/mol. The molecule has 2 aliphatic rings. The summed E-state index contributed by atoms with van der Waals surface area (Å²) in [5, 5.41) is 2.93. The molecule has 2 heterocycles. The zero-order valence-electron chi connectivity index (χ0n) is 12.1. The number of aryl methyl sites for hydroxylation is 1. The van der Waals surface area contributed by atoms with E-state index in [1.165, 1.54) is 0 Å². The van der Waals surface area contributed by atoms with Crippen LogP contribution in [0, 0.1) is 18.3 Å². The molecule has 3 N–H and O–H groups in total. The molecule has 1 amide bonds. The van der Waals surface area contributed by atoms with Crippen LogP contribution in [0.4, 0.5) is 5.69 Å². The molecule has 0 spiro atoms. The molecule has 0 radical (unpaired) electrons. The molecule has 3 unspecified atom stereocenters. The van der Waals surface area contributed by atoms with Crippen LogP contribution in [-0.2, 0) is 9.53 Å². The molecule has 3 atom stereocenters. The molecule has 108 valence electrons. The first-order chi connectivity index (χ1) is 9.37. The summed E-state index contributed by atoms with van der Waals surface area (Å²) < 4.78 is 5.71. The Morgan fingerprint density at radius 3 is 3.00 bits per heavy atom. The SMILES string of the molecule is Cc1cc(NC(=O)C2(N)C3CCOC3C2(C)C)ccn1. The number of ether oxygens (including phenoxy) is 1. The third kappa shape index (κ3) is 1.63. The van der Waals surface area contributed by atoms with Crippen molar-refractivity contribution < 1.29 is 9.53 Å². The van der Waals surface area contributed by atoms with E-state index >= 15 is 0 Å². The summed E-state index contributed by atoms with van der Waals surface area (Å²) in [6.45, 7) is 6.61. The lowest BCUT2D eigenvalue weighted by atomic mass is 9.48. The number of nitrogens with zero attached hydrogens (tertiary/aromatic N) is 1. The van der Waals surface area contributed by atoms with Crippen LogP contribution in [0.25, 0.3) is 0 Å². The summed E-state index contributed by atoms with van der Waals surface area (Å²) in [5.41, 5.74) is 6.88. The van der Waals surface area contributed by atoms with Crippen molar-refractivity contribution in [2.75, 3.05) is 11.9 Å². The van der Waals surface area contributed by atoms with E-state index < -0.39 is 5.54 Å². The van der Waals surface area contributed by atoms with Crippen molar-refractivity contribution >= 4 is 11.6 Å². The normalized spacial score (nSPS) is 34.2.